The average molecular weight is 397 g/mol. The van der Waals surface area contributed by atoms with Crippen molar-refractivity contribution in [1.29, 1.82) is 0 Å². The van der Waals surface area contributed by atoms with Crippen molar-refractivity contribution in [3.63, 3.8) is 0 Å². The molecular weight excluding hydrogens is 372 g/mol. The molecule has 0 aromatic carbocycles. The zero-order valence-corrected chi connectivity index (χ0v) is 17.3. The van der Waals surface area contributed by atoms with Crippen LogP contribution in [0.2, 0.25) is 5.02 Å². The lowest BCUT2D eigenvalue weighted by Crippen LogP contribution is -2.44. The van der Waals surface area contributed by atoms with Crippen LogP contribution < -0.4 is 0 Å². The molecule has 6 heteroatoms. The topological polar surface area (TPSA) is 50.5 Å². The van der Waals surface area contributed by atoms with Crippen LogP contribution in [-0.2, 0) is 4.79 Å². The Bertz CT molecular complexity index is 1020. The Morgan fingerprint density at radius 1 is 1.21 bits per heavy atom. The largest absolute Gasteiger partial charge is 0.342 e. The number of rotatable bonds is 2. The summed E-state index contributed by atoms with van der Waals surface area (Å²) in [5, 5.41) is 0.659. The number of hydrogen-bond acceptors (Lipinski definition) is 3. The number of imidazole rings is 1. The fourth-order valence-electron chi connectivity index (χ4n) is 3.84. The van der Waals surface area contributed by atoms with Crippen molar-refractivity contribution in [2.45, 2.75) is 39.5 Å². The number of aromatic nitrogens is 3. The van der Waals surface area contributed by atoms with Gasteiger partial charge in [-0.2, -0.15) is 0 Å². The highest BCUT2D eigenvalue weighted by atomic mass is 35.5. The third-order valence-electron chi connectivity index (χ3n) is 5.27. The maximum Gasteiger partial charge on any atom is 0.227 e. The van der Waals surface area contributed by atoms with Crippen molar-refractivity contribution >= 4 is 23.2 Å². The molecule has 1 aliphatic rings. The highest BCUT2D eigenvalue weighted by molar-refractivity contribution is 6.30. The van der Waals surface area contributed by atoms with E-state index in [0.29, 0.717) is 5.02 Å². The Morgan fingerprint density at radius 3 is 2.82 bits per heavy atom. The van der Waals surface area contributed by atoms with Crippen LogP contribution in [0.15, 0.2) is 42.7 Å². The Labute approximate surface area is 170 Å². The van der Waals surface area contributed by atoms with E-state index in [2.05, 4.69) is 11.1 Å². The minimum Gasteiger partial charge on any atom is -0.342 e. The van der Waals surface area contributed by atoms with Crippen LogP contribution in [0.4, 0.5) is 0 Å². The lowest BCUT2D eigenvalue weighted by atomic mass is 9.89. The summed E-state index contributed by atoms with van der Waals surface area (Å²) in [6.07, 6.45) is 5.74. The van der Waals surface area contributed by atoms with Crippen LogP contribution in [0.3, 0.4) is 0 Å². The second-order valence-electron chi connectivity index (χ2n) is 8.51. The van der Waals surface area contributed by atoms with Gasteiger partial charge >= 0.3 is 0 Å². The summed E-state index contributed by atoms with van der Waals surface area (Å²) in [7, 11) is 0. The predicted octanol–water partition coefficient (Wildman–Crippen LogP) is 4.80. The third kappa shape index (κ3) is 3.63. The molecule has 0 bridgehead atoms. The van der Waals surface area contributed by atoms with Gasteiger partial charge in [0.05, 0.1) is 22.6 Å². The minimum absolute atomic E-state index is 0.213. The van der Waals surface area contributed by atoms with E-state index in [1.807, 2.05) is 66.7 Å². The average Bonchev–Trinajstić information content (AvgIpc) is 3.10. The fourth-order valence-corrected chi connectivity index (χ4v) is 4.00. The summed E-state index contributed by atoms with van der Waals surface area (Å²) >= 11 is 6.16. The van der Waals surface area contributed by atoms with Gasteiger partial charge in [0.15, 0.2) is 0 Å². The monoisotopic (exact) mass is 396 g/mol. The first-order valence-corrected chi connectivity index (χ1v) is 10.1. The van der Waals surface area contributed by atoms with Crippen LogP contribution in [-0.4, -0.2) is 38.3 Å². The molecule has 1 fully saturated rings. The highest BCUT2D eigenvalue weighted by Crippen LogP contribution is 2.30. The summed E-state index contributed by atoms with van der Waals surface area (Å²) in [6, 6.07) is 9.82. The Morgan fingerprint density at radius 2 is 2.04 bits per heavy atom. The number of halogens is 1. The van der Waals surface area contributed by atoms with Gasteiger partial charge < -0.3 is 4.90 Å². The summed E-state index contributed by atoms with van der Waals surface area (Å²) in [6.45, 7) is 7.50. The number of pyridine rings is 2. The Hall–Kier alpha value is -2.40. The summed E-state index contributed by atoms with van der Waals surface area (Å²) < 4.78 is 1.96. The van der Waals surface area contributed by atoms with Gasteiger partial charge in [-0.1, -0.05) is 38.4 Å². The highest BCUT2D eigenvalue weighted by Gasteiger charge is 2.32. The SMILES string of the molecule is CC(C)(C)C(=O)N1CCCC(c2cccc(-c3cnc4ccc(Cl)cn34)n2)C1. The molecule has 1 atom stereocenters. The molecular formula is C22H25ClN4O. The zero-order valence-electron chi connectivity index (χ0n) is 16.5. The van der Waals surface area contributed by atoms with Gasteiger partial charge in [0.1, 0.15) is 5.65 Å². The van der Waals surface area contributed by atoms with Gasteiger partial charge in [-0.15, -0.1) is 0 Å². The van der Waals surface area contributed by atoms with Crippen LogP contribution in [0.5, 0.6) is 0 Å². The van der Waals surface area contributed by atoms with Gasteiger partial charge in [-0.3, -0.25) is 14.2 Å². The van der Waals surface area contributed by atoms with E-state index in [-0.39, 0.29) is 17.2 Å². The van der Waals surface area contributed by atoms with Gasteiger partial charge in [0.25, 0.3) is 0 Å². The maximum absolute atomic E-state index is 12.7. The molecule has 3 aromatic heterocycles. The first-order chi connectivity index (χ1) is 13.3. The summed E-state index contributed by atoms with van der Waals surface area (Å²) in [5.41, 5.74) is 3.30. The number of piperidine rings is 1. The van der Waals surface area contributed by atoms with Crippen LogP contribution in [0.25, 0.3) is 17.0 Å². The van der Waals surface area contributed by atoms with Crippen LogP contribution in [0.1, 0.15) is 45.2 Å². The molecule has 0 N–H and O–H groups in total. The number of hydrogen-bond donors (Lipinski definition) is 0. The van der Waals surface area contributed by atoms with Gasteiger partial charge in [0.2, 0.25) is 5.91 Å². The van der Waals surface area contributed by atoms with E-state index in [4.69, 9.17) is 16.6 Å². The standard InChI is InChI=1S/C22H25ClN4O/c1-22(2,3)21(28)26-11-5-6-15(13-26)17-7-4-8-18(25-17)19-12-24-20-10-9-16(23)14-27(19)20/h4,7-10,12,14-15H,5-6,11,13H2,1-3H3. The van der Waals surface area contributed by atoms with E-state index in [1.54, 1.807) is 0 Å². The number of amides is 1. The summed E-state index contributed by atoms with van der Waals surface area (Å²) in [4.78, 5) is 24.1. The van der Waals surface area contributed by atoms with Crippen LogP contribution in [0, 0.1) is 5.41 Å². The van der Waals surface area contributed by atoms with Gasteiger partial charge in [0, 0.05) is 36.3 Å². The molecule has 3 aromatic rings. The molecule has 146 valence electrons. The number of likely N-dealkylation sites (tertiary alicyclic amines) is 1. The fraction of sp³-hybridized carbons (Fsp3) is 0.409. The van der Waals surface area contributed by atoms with Crippen molar-refractivity contribution in [3.05, 3.63) is 53.4 Å². The first-order valence-electron chi connectivity index (χ1n) is 9.72. The quantitative estimate of drug-likeness (QED) is 0.625. The molecule has 1 amide bonds. The minimum atomic E-state index is -0.354. The van der Waals surface area contributed by atoms with Crippen molar-refractivity contribution in [2.24, 2.45) is 5.41 Å². The predicted molar refractivity (Wildman–Crippen MR) is 111 cm³/mol. The third-order valence-corrected chi connectivity index (χ3v) is 5.49. The molecule has 5 nitrogen and oxygen atoms in total. The first kappa shape index (κ1) is 18.9. The van der Waals surface area contributed by atoms with E-state index in [9.17, 15) is 4.79 Å². The molecule has 4 rings (SSSR count). The second-order valence-corrected chi connectivity index (χ2v) is 8.94. The van der Waals surface area contributed by atoms with Crippen LogP contribution >= 0.6 is 11.6 Å². The van der Waals surface area contributed by atoms with Crippen molar-refractivity contribution in [3.8, 4) is 11.4 Å². The molecule has 0 aliphatic carbocycles. The van der Waals surface area contributed by atoms with Gasteiger partial charge in [-0.05, 0) is 37.1 Å². The number of carbonyl (C=O) groups is 1. The van der Waals surface area contributed by atoms with Crippen molar-refractivity contribution in [2.75, 3.05) is 13.1 Å². The normalized spacial score (nSPS) is 17.9. The molecule has 1 unspecified atom stereocenters. The maximum atomic E-state index is 12.7. The molecule has 4 heterocycles. The molecule has 28 heavy (non-hydrogen) atoms. The van der Waals surface area contributed by atoms with Gasteiger partial charge in [-0.25, -0.2) is 4.98 Å². The van der Waals surface area contributed by atoms with Crippen molar-refractivity contribution < 1.29 is 4.79 Å². The Kier molecular flexibility index (Phi) is 4.88. The van der Waals surface area contributed by atoms with E-state index < -0.39 is 0 Å². The lowest BCUT2D eigenvalue weighted by Gasteiger charge is -2.36. The molecule has 0 radical (unpaired) electrons. The lowest BCUT2D eigenvalue weighted by molar-refractivity contribution is -0.140. The van der Waals surface area contributed by atoms with E-state index >= 15 is 0 Å². The molecule has 0 saturated carbocycles. The molecule has 1 aliphatic heterocycles. The Balaban J connectivity index is 1.63. The number of carbonyl (C=O) groups excluding carboxylic acids is 1. The number of fused-ring (bicyclic) bond motifs is 1. The smallest absolute Gasteiger partial charge is 0.227 e. The van der Waals surface area contributed by atoms with E-state index in [0.717, 1.165) is 48.7 Å². The van der Waals surface area contributed by atoms with Crippen molar-refractivity contribution in [1.82, 2.24) is 19.3 Å². The van der Waals surface area contributed by atoms with E-state index in [1.165, 1.54) is 0 Å². The molecule has 1 saturated heterocycles. The zero-order chi connectivity index (χ0) is 19.9. The molecule has 0 spiro atoms. The number of nitrogens with zero attached hydrogens (tertiary/aromatic N) is 4. The summed E-state index contributed by atoms with van der Waals surface area (Å²) in [5.74, 6) is 0.465. The second kappa shape index (κ2) is 7.21.